The average molecular weight is 327 g/mol. The van der Waals surface area contributed by atoms with Gasteiger partial charge in [0.05, 0.1) is 13.3 Å². The highest BCUT2D eigenvalue weighted by molar-refractivity contribution is 7.13. The Morgan fingerprint density at radius 1 is 1.43 bits per heavy atom. The van der Waals surface area contributed by atoms with Gasteiger partial charge < -0.3 is 15.9 Å². The maximum absolute atomic E-state index is 11.6. The molecule has 0 radical (unpaired) electrons. The third-order valence-corrected chi connectivity index (χ3v) is 4.10. The number of nitrogens with two attached hydrogens (primary N) is 1. The van der Waals surface area contributed by atoms with Gasteiger partial charge in [0.15, 0.2) is 0 Å². The number of carbonyl (C=O) groups is 1. The van der Waals surface area contributed by atoms with Crippen molar-refractivity contribution in [2.75, 3.05) is 7.11 Å². The standard InChI is InChI=1S/C15H13N5O2S/c1-22-15(21)13(17)10(6-16)9-2-3-12-19-7-11(20(12)8-9)14-18-4-5-23-14/h2-8,16H,17H2,1H3. The second-order valence-electron chi connectivity index (χ2n) is 4.59. The molecule has 116 valence electrons. The minimum atomic E-state index is -0.672. The number of carbonyl (C=O) groups excluding carboxylic acids is 1. The lowest BCUT2D eigenvalue weighted by molar-refractivity contribution is -0.136. The van der Waals surface area contributed by atoms with Crippen LogP contribution in [-0.4, -0.2) is 33.7 Å². The van der Waals surface area contributed by atoms with Gasteiger partial charge in [-0.1, -0.05) is 0 Å². The molecule has 0 atom stereocenters. The van der Waals surface area contributed by atoms with Crippen LogP contribution in [0.4, 0.5) is 0 Å². The number of nitrogens with zero attached hydrogens (tertiary/aromatic N) is 3. The van der Waals surface area contributed by atoms with Gasteiger partial charge in [-0.15, -0.1) is 11.3 Å². The zero-order chi connectivity index (χ0) is 16.4. The molecule has 3 N–H and O–H groups in total. The van der Waals surface area contributed by atoms with Gasteiger partial charge in [0.25, 0.3) is 0 Å². The highest BCUT2D eigenvalue weighted by Gasteiger charge is 2.15. The molecule has 3 heterocycles. The van der Waals surface area contributed by atoms with E-state index in [1.807, 2.05) is 9.78 Å². The van der Waals surface area contributed by atoms with E-state index in [0.29, 0.717) is 5.56 Å². The molecule has 0 aliphatic carbocycles. The van der Waals surface area contributed by atoms with Gasteiger partial charge in [-0.2, -0.15) is 0 Å². The van der Waals surface area contributed by atoms with Crippen LogP contribution in [0.1, 0.15) is 5.56 Å². The fourth-order valence-corrected chi connectivity index (χ4v) is 2.83. The minimum absolute atomic E-state index is 0.113. The van der Waals surface area contributed by atoms with Crippen LogP contribution in [-0.2, 0) is 9.53 Å². The third-order valence-electron chi connectivity index (χ3n) is 3.31. The Kier molecular flexibility index (Phi) is 3.90. The Morgan fingerprint density at radius 3 is 2.91 bits per heavy atom. The maximum Gasteiger partial charge on any atom is 0.354 e. The molecule has 0 spiro atoms. The first-order valence-corrected chi connectivity index (χ1v) is 7.49. The molecule has 7 nitrogen and oxygen atoms in total. The summed E-state index contributed by atoms with van der Waals surface area (Å²) in [6, 6.07) is 3.55. The van der Waals surface area contributed by atoms with Crippen LogP contribution in [0.25, 0.3) is 21.9 Å². The second kappa shape index (κ2) is 6.01. The Bertz CT molecular complexity index is 911. The number of hydrogen-bond donors (Lipinski definition) is 2. The molecule has 3 rings (SSSR count). The predicted molar refractivity (Wildman–Crippen MR) is 88.2 cm³/mol. The number of imidazole rings is 1. The van der Waals surface area contributed by atoms with E-state index in [9.17, 15) is 4.79 Å². The predicted octanol–water partition coefficient (Wildman–Crippen LogP) is 1.95. The second-order valence-corrected chi connectivity index (χ2v) is 5.48. The van der Waals surface area contributed by atoms with Crippen molar-refractivity contribution in [2.24, 2.45) is 5.73 Å². The number of thiazole rings is 1. The van der Waals surface area contributed by atoms with Crippen LogP contribution < -0.4 is 5.73 Å². The molecular formula is C15H13N5O2S. The molecule has 23 heavy (non-hydrogen) atoms. The van der Waals surface area contributed by atoms with Gasteiger partial charge in [-0.05, 0) is 12.1 Å². The first-order valence-electron chi connectivity index (χ1n) is 6.61. The molecule has 0 unspecified atom stereocenters. The fourth-order valence-electron chi connectivity index (χ4n) is 2.18. The summed E-state index contributed by atoms with van der Waals surface area (Å²) in [5.74, 6) is -0.672. The number of aromatic nitrogens is 3. The van der Waals surface area contributed by atoms with Crippen molar-refractivity contribution < 1.29 is 9.53 Å². The summed E-state index contributed by atoms with van der Waals surface area (Å²) < 4.78 is 6.47. The Hall–Kier alpha value is -3.00. The highest BCUT2D eigenvalue weighted by Crippen LogP contribution is 2.25. The molecule has 8 heteroatoms. The SMILES string of the molecule is COC(=O)C(N)=C(C=N)c1ccc2ncc(-c3nccs3)n2c1. The molecule has 0 bridgehead atoms. The molecule has 0 saturated heterocycles. The van der Waals surface area contributed by atoms with Gasteiger partial charge in [0.1, 0.15) is 22.0 Å². The largest absolute Gasteiger partial charge is 0.464 e. The van der Waals surface area contributed by atoms with Crippen LogP contribution in [0, 0.1) is 5.41 Å². The number of pyridine rings is 1. The summed E-state index contributed by atoms with van der Waals surface area (Å²) in [6.07, 6.45) is 6.26. The van der Waals surface area contributed by atoms with E-state index in [2.05, 4.69) is 14.7 Å². The lowest BCUT2D eigenvalue weighted by atomic mass is 10.1. The molecule has 0 saturated carbocycles. The number of ether oxygens (including phenoxy) is 1. The summed E-state index contributed by atoms with van der Waals surface area (Å²) in [6.45, 7) is 0. The summed E-state index contributed by atoms with van der Waals surface area (Å²) in [7, 11) is 1.25. The van der Waals surface area contributed by atoms with Crippen molar-refractivity contribution in [2.45, 2.75) is 0 Å². The van der Waals surface area contributed by atoms with Crippen molar-refractivity contribution in [3.05, 3.63) is 47.4 Å². The third kappa shape index (κ3) is 2.59. The van der Waals surface area contributed by atoms with Crippen LogP contribution in [0.2, 0.25) is 0 Å². The number of methoxy groups -OCH3 is 1. The van der Waals surface area contributed by atoms with Crippen LogP contribution in [0.3, 0.4) is 0 Å². The van der Waals surface area contributed by atoms with Gasteiger partial charge in [-0.3, -0.25) is 4.40 Å². The number of nitrogens with one attached hydrogen (secondary N) is 1. The lowest BCUT2D eigenvalue weighted by Gasteiger charge is -2.08. The van der Waals surface area contributed by atoms with Crippen molar-refractivity contribution in [1.82, 2.24) is 14.4 Å². The lowest BCUT2D eigenvalue weighted by Crippen LogP contribution is -2.16. The van der Waals surface area contributed by atoms with E-state index in [-0.39, 0.29) is 11.3 Å². The summed E-state index contributed by atoms with van der Waals surface area (Å²) in [4.78, 5) is 20.2. The van der Waals surface area contributed by atoms with Crippen molar-refractivity contribution >= 4 is 34.7 Å². The quantitative estimate of drug-likeness (QED) is 0.433. The van der Waals surface area contributed by atoms with E-state index in [1.165, 1.54) is 18.4 Å². The number of allylic oxidation sites excluding steroid dienone is 1. The van der Waals surface area contributed by atoms with Crippen molar-refractivity contribution in [1.29, 1.82) is 5.41 Å². The molecule has 0 aliphatic heterocycles. The van der Waals surface area contributed by atoms with Gasteiger partial charge in [-0.25, -0.2) is 14.8 Å². The Labute approximate surface area is 135 Å². The molecule has 0 aliphatic rings. The topological polar surface area (TPSA) is 106 Å². The van der Waals surface area contributed by atoms with Gasteiger partial charge in [0, 0.05) is 35.1 Å². The zero-order valence-corrected chi connectivity index (χ0v) is 13.0. The zero-order valence-electron chi connectivity index (χ0n) is 12.2. The van der Waals surface area contributed by atoms with E-state index in [1.54, 1.807) is 30.7 Å². The van der Waals surface area contributed by atoms with E-state index in [4.69, 9.17) is 11.1 Å². The molecule has 3 aromatic heterocycles. The summed E-state index contributed by atoms with van der Waals surface area (Å²) in [5.41, 5.74) is 8.15. The maximum atomic E-state index is 11.6. The smallest absolute Gasteiger partial charge is 0.354 e. The summed E-state index contributed by atoms with van der Waals surface area (Å²) in [5, 5.41) is 10.3. The number of hydrogen-bond acceptors (Lipinski definition) is 7. The monoisotopic (exact) mass is 327 g/mol. The van der Waals surface area contributed by atoms with E-state index < -0.39 is 5.97 Å². The first kappa shape index (κ1) is 14.9. The van der Waals surface area contributed by atoms with Crippen molar-refractivity contribution in [3.63, 3.8) is 0 Å². The normalized spacial score (nSPS) is 12.0. The van der Waals surface area contributed by atoms with Gasteiger partial charge >= 0.3 is 5.97 Å². The molecular weight excluding hydrogens is 314 g/mol. The number of fused-ring (bicyclic) bond motifs is 1. The molecule has 0 amide bonds. The molecule has 0 fully saturated rings. The van der Waals surface area contributed by atoms with E-state index >= 15 is 0 Å². The van der Waals surface area contributed by atoms with Crippen molar-refractivity contribution in [3.8, 4) is 10.7 Å². The van der Waals surface area contributed by atoms with E-state index in [0.717, 1.165) is 22.6 Å². The Balaban J connectivity index is 2.18. The first-order chi connectivity index (χ1) is 11.2. The van der Waals surface area contributed by atoms with Crippen LogP contribution in [0.15, 0.2) is 41.8 Å². The number of esters is 1. The van der Waals surface area contributed by atoms with Gasteiger partial charge in [0.2, 0.25) is 0 Å². The fraction of sp³-hybridized carbons (Fsp3) is 0.0667. The Morgan fingerprint density at radius 2 is 2.26 bits per heavy atom. The summed E-state index contributed by atoms with van der Waals surface area (Å²) >= 11 is 1.50. The molecule has 3 aromatic rings. The minimum Gasteiger partial charge on any atom is -0.464 e. The molecule has 0 aromatic carbocycles. The highest BCUT2D eigenvalue weighted by atomic mass is 32.1. The van der Waals surface area contributed by atoms with Crippen LogP contribution in [0.5, 0.6) is 0 Å². The van der Waals surface area contributed by atoms with Crippen LogP contribution >= 0.6 is 11.3 Å². The number of rotatable bonds is 4. The average Bonchev–Trinajstić information content (AvgIpc) is 3.23.